The second-order valence-corrected chi connectivity index (χ2v) is 20.5. The van der Waals surface area contributed by atoms with Gasteiger partial charge < -0.3 is 64.5 Å². The topological polar surface area (TPSA) is 272 Å². The molecule has 0 aromatic heterocycles. The van der Waals surface area contributed by atoms with Gasteiger partial charge in [0.1, 0.15) is 36.6 Å². The molecule has 17 nitrogen and oxygen atoms in total. The molecule has 21 atom stereocenters. The number of aliphatic hydroxyl groups is 8. The predicted molar refractivity (Wildman–Crippen MR) is 204 cm³/mol. The summed E-state index contributed by atoms with van der Waals surface area (Å²) in [5.74, 6) is -1.19. The van der Waals surface area contributed by atoms with Gasteiger partial charge in [0, 0.05) is 25.4 Å². The average Bonchev–Trinajstić information content (AvgIpc) is 3.42. The number of hydrogen-bond donors (Lipinski definition) is 9. The number of methoxy groups -OCH3 is 1. The van der Waals surface area contributed by atoms with Gasteiger partial charge in [-0.25, -0.2) is 4.18 Å². The smallest absolute Gasteiger partial charge is 0.393 e. The Morgan fingerprint density at radius 3 is 2.02 bits per heavy atom. The van der Waals surface area contributed by atoms with Gasteiger partial charge in [-0.3, -0.25) is 4.55 Å². The highest BCUT2D eigenvalue weighted by Gasteiger charge is 2.72. The predicted octanol–water partition coefficient (Wildman–Crippen LogP) is 0.512. The van der Waals surface area contributed by atoms with Gasteiger partial charge >= 0.3 is 10.4 Å². The largest absolute Gasteiger partial charge is 0.397 e. The van der Waals surface area contributed by atoms with E-state index < -0.39 is 118 Å². The highest BCUT2D eigenvalue weighted by atomic mass is 32.3. The number of rotatable bonds is 14. The number of aliphatic hydroxyl groups excluding tert-OH is 7. The van der Waals surface area contributed by atoms with Crippen LogP contribution in [0.25, 0.3) is 0 Å². The lowest BCUT2D eigenvalue weighted by molar-refractivity contribution is -0.345. The number of ether oxygens (including phenoxy) is 5. The van der Waals surface area contributed by atoms with Crippen molar-refractivity contribution < 1.29 is 81.7 Å². The van der Waals surface area contributed by atoms with Crippen LogP contribution >= 0.6 is 0 Å². The van der Waals surface area contributed by atoms with E-state index in [1.165, 1.54) is 7.11 Å². The molecule has 1 unspecified atom stereocenters. The Labute approximate surface area is 342 Å². The van der Waals surface area contributed by atoms with E-state index in [0.717, 1.165) is 12.8 Å². The molecule has 4 aliphatic carbocycles. The minimum absolute atomic E-state index is 0.0332. The summed E-state index contributed by atoms with van der Waals surface area (Å²) in [6.45, 7) is 10.3. The summed E-state index contributed by atoms with van der Waals surface area (Å²) >= 11 is 0. The molecule has 0 amide bonds. The molecule has 6 rings (SSSR count). The Bertz CT molecular complexity index is 1490. The quantitative estimate of drug-likeness (QED) is 0.108. The molecule has 6 aliphatic rings. The van der Waals surface area contributed by atoms with E-state index in [-0.39, 0.29) is 56.3 Å². The summed E-state index contributed by atoms with van der Waals surface area (Å²) in [6, 6.07) is 0. The van der Waals surface area contributed by atoms with Gasteiger partial charge in [-0.05, 0) is 85.4 Å². The van der Waals surface area contributed by atoms with Crippen molar-refractivity contribution >= 4 is 10.4 Å². The Balaban J connectivity index is 1.10. The Morgan fingerprint density at radius 1 is 0.776 bits per heavy atom. The zero-order valence-corrected chi connectivity index (χ0v) is 35.5. The van der Waals surface area contributed by atoms with Crippen molar-refractivity contribution in [1.29, 1.82) is 0 Å². The van der Waals surface area contributed by atoms with Crippen LogP contribution in [0.5, 0.6) is 0 Å². The lowest BCUT2D eigenvalue weighted by Gasteiger charge is -2.66. The third-order valence-electron chi connectivity index (χ3n) is 15.8. The molecule has 0 aromatic rings. The van der Waals surface area contributed by atoms with Gasteiger partial charge in [0.05, 0.1) is 49.8 Å². The van der Waals surface area contributed by atoms with Gasteiger partial charge in [-0.15, -0.1) is 0 Å². The zero-order chi connectivity index (χ0) is 42.7. The fourth-order valence-corrected chi connectivity index (χ4v) is 13.4. The average molecular weight is 855 g/mol. The first-order valence-electron chi connectivity index (χ1n) is 21.2. The van der Waals surface area contributed by atoms with Crippen molar-refractivity contribution in [2.45, 2.75) is 172 Å². The monoisotopic (exact) mass is 854 g/mol. The van der Waals surface area contributed by atoms with Crippen LogP contribution in [0.3, 0.4) is 0 Å². The van der Waals surface area contributed by atoms with E-state index in [1.807, 2.05) is 6.92 Å². The van der Waals surface area contributed by atoms with E-state index in [2.05, 4.69) is 27.7 Å². The third kappa shape index (κ3) is 8.79. The van der Waals surface area contributed by atoms with Crippen LogP contribution in [0.2, 0.25) is 0 Å². The van der Waals surface area contributed by atoms with Crippen molar-refractivity contribution in [3.63, 3.8) is 0 Å². The fourth-order valence-electron chi connectivity index (χ4n) is 12.9. The first-order valence-corrected chi connectivity index (χ1v) is 22.6. The third-order valence-corrected chi connectivity index (χ3v) is 16.3. The number of fused-ring (bicyclic) bond motifs is 5. The van der Waals surface area contributed by atoms with Gasteiger partial charge in [0.25, 0.3) is 0 Å². The van der Waals surface area contributed by atoms with E-state index in [1.54, 1.807) is 0 Å². The molecule has 2 saturated heterocycles. The molecule has 2 heterocycles. The molecule has 0 aromatic carbocycles. The maximum Gasteiger partial charge on any atom is 0.397 e. The summed E-state index contributed by atoms with van der Waals surface area (Å²) in [5.41, 5.74) is -2.88. The Morgan fingerprint density at radius 2 is 1.40 bits per heavy atom. The highest BCUT2D eigenvalue weighted by Crippen LogP contribution is 2.70. The van der Waals surface area contributed by atoms with E-state index in [9.17, 15) is 53.8 Å². The maximum absolute atomic E-state index is 12.8. The van der Waals surface area contributed by atoms with Crippen LogP contribution in [-0.4, -0.2) is 160 Å². The standard InChI is InChI=1S/C40H70O17S/c1-19(2)21(11-14-53-36-34(32(47)26(44)17-54-36)56-37-33(52-6)31(46)25(43)18-55-37)8-7-20(3)22-15-24(42)35-38(22,4)13-10-28-39(5)12-9-23(41)30(45)29(39)27(16-40(28,35)48)57-58(49,50)51/h19-37,41-48H,7-18H2,1-6H3,(H,49,50,51)/t20-,21+,22-,23+,24-,25-,26-,27+,28-,29?,30+,31+,32+,33-,34-,35-,36-,37+,38-,39-,40+/m1/s1. The molecule has 2 aliphatic heterocycles. The summed E-state index contributed by atoms with van der Waals surface area (Å²) in [7, 11) is -3.64. The number of hydrogen-bond acceptors (Lipinski definition) is 16. The highest BCUT2D eigenvalue weighted by molar-refractivity contribution is 7.80. The van der Waals surface area contributed by atoms with Gasteiger partial charge in [0.2, 0.25) is 0 Å². The first kappa shape index (κ1) is 46.8. The Hall–Kier alpha value is -0.650. The van der Waals surface area contributed by atoms with Gasteiger partial charge in [-0.1, -0.05) is 41.0 Å². The maximum atomic E-state index is 12.8. The molecular formula is C40H70O17S. The molecule has 58 heavy (non-hydrogen) atoms. The van der Waals surface area contributed by atoms with Crippen molar-refractivity contribution in [2.24, 2.45) is 52.3 Å². The molecule has 6 fully saturated rings. The molecule has 0 spiro atoms. The molecule has 9 N–H and O–H groups in total. The Kier molecular flexibility index (Phi) is 14.4. The van der Waals surface area contributed by atoms with Crippen LogP contribution in [0, 0.1) is 52.3 Å². The minimum atomic E-state index is -4.97. The second-order valence-electron chi connectivity index (χ2n) is 19.4. The van der Waals surface area contributed by atoms with Crippen LogP contribution < -0.4 is 0 Å². The minimum Gasteiger partial charge on any atom is -0.393 e. The fraction of sp³-hybridized carbons (Fsp3) is 1.00. The van der Waals surface area contributed by atoms with Crippen molar-refractivity contribution in [1.82, 2.24) is 0 Å². The van der Waals surface area contributed by atoms with Gasteiger partial charge in [0.15, 0.2) is 12.6 Å². The van der Waals surface area contributed by atoms with Crippen molar-refractivity contribution in [3.8, 4) is 0 Å². The molecule has 4 saturated carbocycles. The lowest BCUT2D eigenvalue weighted by Crippen LogP contribution is -2.71. The zero-order valence-electron chi connectivity index (χ0n) is 34.7. The molecule has 0 bridgehead atoms. The van der Waals surface area contributed by atoms with E-state index in [0.29, 0.717) is 32.1 Å². The van der Waals surface area contributed by atoms with Crippen LogP contribution in [0.15, 0.2) is 0 Å². The first-order chi connectivity index (χ1) is 27.1. The normalized spacial score (nSPS) is 49.5. The summed E-state index contributed by atoms with van der Waals surface area (Å²) in [5, 5.41) is 88.1. The van der Waals surface area contributed by atoms with Crippen LogP contribution in [0.4, 0.5) is 0 Å². The summed E-state index contributed by atoms with van der Waals surface area (Å²) in [6.07, 6.45) is -9.64. The van der Waals surface area contributed by atoms with E-state index >= 15 is 0 Å². The summed E-state index contributed by atoms with van der Waals surface area (Å²) < 4.78 is 67.9. The van der Waals surface area contributed by atoms with E-state index in [4.69, 9.17) is 27.9 Å². The molecule has 18 heteroatoms. The van der Waals surface area contributed by atoms with Crippen LogP contribution in [-0.2, 0) is 38.3 Å². The summed E-state index contributed by atoms with van der Waals surface area (Å²) in [4.78, 5) is 0. The molecular weight excluding hydrogens is 784 g/mol. The SMILES string of the molecule is CO[C@H]1[C@H](O[C@H]2[C@H](OCC[C@H](CC[C@@H](C)[C@H]3C[C@@H](O)[C@@H]4[C@]3(C)CC[C@H]3[C@@]4(O)C[C@H](OS(=O)(=O)O)C4[C@@H](O)[C@@H](O)CC[C@@]43C)C(C)C)OC[C@@H](O)[C@@H]2O)OC[C@@H](O)[C@@H]1O. The second kappa shape index (κ2) is 17.8. The van der Waals surface area contributed by atoms with Crippen molar-refractivity contribution in [2.75, 3.05) is 26.9 Å². The van der Waals surface area contributed by atoms with Crippen LogP contribution in [0.1, 0.15) is 92.4 Å². The lowest BCUT2D eigenvalue weighted by atomic mass is 9.41. The van der Waals surface area contributed by atoms with Crippen molar-refractivity contribution in [3.05, 3.63) is 0 Å². The molecule has 338 valence electrons. The molecule has 0 radical (unpaired) electrons. The van der Waals surface area contributed by atoms with Gasteiger partial charge in [-0.2, -0.15) is 8.42 Å².